The molecule has 1 aromatic carbocycles. The number of nitrogens with zero attached hydrogens (tertiary/aromatic N) is 2. The summed E-state index contributed by atoms with van der Waals surface area (Å²) in [5.74, 6) is 0. The molecular weight excluding hydrogens is 254 g/mol. The van der Waals surface area contributed by atoms with Gasteiger partial charge >= 0.3 is 0 Å². The van der Waals surface area contributed by atoms with E-state index in [1.807, 2.05) is 4.90 Å². The maximum absolute atomic E-state index is 11.1. The van der Waals surface area contributed by atoms with Gasteiger partial charge in [0.05, 0.1) is 9.95 Å². The van der Waals surface area contributed by atoms with Crippen LogP contribution in [0.2, 0.25) is 5.02 Å². The third-order valence-electron chi connectivity index (χ3n) is 3.05. The van der Waals surface area contributed by atoms with Crippen LogP contribution in [0, 0.1) is 10.1 Å². The van der Waals surface area contributed by atoms with Crippen LogP contribution in [0.4, 0.5) is 11.4 Å². The van der Waals surface area contributed by atoms with Crippen molar-refractivity contribution >= 4 is 23.0 Å². The van der Waals surface area contributed by atoms with Crippen LogP contribution in [0.5, 0.6) is 0 Å². The van der Waals surface area contributed by atoms with Gasteiger partial charge in [-0.1, -0.05) is 17.7 Å². The summed E-state index contributed by atoms with van der Waals surface area (Å²) in [6.45, 7) is 6.34. The number of nitro groups is 1. The van der Waals surface area contributed by atoms with Crippen molar-refractivity contribution in [3.8, 4) is 0 Å². The number of halogens is 1. The number of benzene rings is 1. The molecule has 1 heterocycles. The summed E-state index contributed by atoms with van der Waals surface area (Å²) in [6.07, 6.45) is 0. The van der Waals surface area contributed by atoms with Crippen LogP contribution in [-0.2, 0) is 0 Å². The van der Waals surface area contributed by atoms with Crippen molar-refractivity contribution in [1.29, 1.82) is 0 Å². The Morgan fingerprint density at radius 1 is 1.50 bits per heavy atom. The van der Waals surface area contributed by atoms with E-state index in [1.54, 1.807) is 12.1 Å². The van der Waals surface area contributed by atoms with Gasteiger partial charge in [-0.15, -0.1) is 0 Å². The Hall–Kier alpha value is -1.33. The second-order valence-corrected chi connectivity index (χ2v) is 5.50. The number of piperazine rings is 1. The second kappa shape index (κ2) is 4.74. The second-order valence-electron chi connectivity index (χ2n) is 5.10. The van der Waals surface area contributed by atoms with Crippen LogP contribution >= 0.6 is 11.6 Å². The molecule has 5 nitrogen and oxygen atoms in total. The highest BCUT2D eigenvalue weighted by atomic mass is 35.5. The van der Waals surface area contributed by atoms with Crippen LogP contribution in [0.25, 0.3) is 0 Å². The van der Waals surface area contributed by atoms with Gasteiger partial charge in [-0.05, 0) is 19.9 Å². The number of para-hydroxylation sites is 1. The van der Waals surface area contributed by atoms with Gasteiger partial charge in [0.1, 0.15) is 5.69 Å². The molecule has 0 unspecified atom stereocenters. The largest absolute Gasteiger partial charge is 0.362 e. The minimum absolute atomic E-state index is 0.0696. The smallest absolute Gasteiger partial charge is 0.294 e. The van der Waals surface area contributed by atoms with Gasteiger partial charge in [0.15, 0.2) is 0 Å². The van der Waals surface area contributed by atoms with Crippen molar-refractivity contribution in [2.45, 2.75) is 19.4 Å². The minimum atomic E-state index is -0.379. The molecule has 0 aliphatic carbocycles. The molecule has 0 bridgehead atoms. The Kier molecular flexibility index (Phi) is 3.45. The SMILES string of the molecule is CC1(C)CN(c2c(Cl)cccc2[N+](=O)[O-])CCN1. The van der Waals surface area contributed by atoms with E-state index in [0.29, 0.717) is 23.8 Å². The topological polar surface area (TPSA) is 58.4 Å². The summed E-state index contributed by atoms with van der Waals surface area (Å²) < 4.78 is 0. The van der Waals surface area contributed by atoms with Gasteiger partial charge in [0, 0.05) is 31.2 Å². The van der Waals surface area contributed by atoms with Crippen molar-refractivity contribution in [2.75, 3.05) is 24.5 Å². The summed E-state index contributed by atoms with van der Waals surface area (Å²) in [5, 5.41) is 14.9. The third kappa shape index (κ3) is 2.57. The van der Waals surface area contributed by atoms with Gasteiger partial charge in [0.25, 0.3) is 5.69 Å². The number of anilines is 1. The third-order valence-corrected chi connectivity index (χ3v) is 3.35. The highest BCUT2D eigenvalue weighted by Gasteiger charge is 2.30. The van der Waals surface area contributed by atoms with Crippen LogP contribution in [0.15, 0.2) is 18.2 Å². The van der Waals surface area contributed by atoms with Crippen LogP contribution in [0.3, 0.4) is 0 Å². The quantitative estimate of drug-likeness (QED) is 0.662. The standard InChI is InChI=1S/C12H16ClN3O2/c1-12(2)8-15(7-6-14-12)11-9(13)4-3-5-10(11)16(17)18/h3-5,14H,6-8H2,1-2H3. The van der Waals surface area contributed by atoms with E-state index in [9.17, 15) is 10.1 Å². The van der Waals surface area contributed by atoms with Crippen LogP contribution < -0.4 is 10.2 Å². The molecule has 0 amide bonds. The van der Waals surface area contributed by atoms with E-state index in [4.69, 9.17) is 11.6 Å². The van der Waals surface area contributed by atoms with Gasteiger partial charge < -0.3 is 10.2 Å². The Morgan fingerprint density at radius 3 is 2.83 bits per heavy atom. The zero-order chi connectivity index (χ0) is 13.3. The molecule has 1 aromatic rings. The Balaban J connectivity index is 2.41. The number of nitrogens with one attached hydrogen (secondary N) is 1. The maximum Gasteiger partial charge on any atom is 0.294 e. The molecule has 1 aliphatic heterocycles. The Labute approximate surface area is 111 Å². The van der Waals surface area contributed by atoms with E-state index in [-0.39, 0.29) is 16.1 Å². The van der Waals surface area contributed by atoms with Crippen molar-refractivity contribution in [3.05, 3.63) is 33.3 Å². The molecule has 2 rings (SSSR count). The fraction of sp³-hybridized carbons (Fsp3) is 0.500. The molecule has 1 aliphatic rings. The minimum Gasteiger partial charge on any atom is -0.362 e. The van der Waals surface area contributed by atoms with Gasteiger partial charge in [-0.25, -0.2) is 0 Å². The summed E-state index contributed by atoms with van der Waals surface area (Å²) in [4.78, 5) is 12.7. The molecule has 1 N–H and O–H groups in total. The van der Waals surface area contributed by atoms with Crippen molar-refractivity contribution in [1.82, 2.24) is 5.32 Å². The Bertz CT molecular complexity index is 476. The lowest BCUT2D eigenvalue weighted by Crippen LogP contribution is -2.57. The normalized spacial score (nSPS) is 18.7. The Morgan fingerprint density at radius 2 is 2.22 bits per heavy atom. The van der Waals surface area contributed by atoms with E-state index < -0.39 is 0 Å². The first-order valence-corrected chi connectivity index (χ1v) is 6.21. The fourth-order valence-corrected chi connectivity index (χ4v) is 2.59. The predicted octanol–water partition coefficient (Wildman–Crippen LogP) is 2.44. The number of rotatable bonds is 2. The number of hydrogen-bond donors (Lipinski definition) is 1. The average Bonchev–Trinajstić information content (AvgIpc) is 2.27. The molecule has 18 heavy (non-hydrogen) atoms. The van der Waals surface area contributed by atoms with Crippen molar-refractivity contribution < 1.29 is 4.92 Å². The highest BCUT2D eigenvalue weighted by Crippen LogP contribution is 2.36. The van der Waals surface area contributed by atoms with Crippen LogP contribution in [-0.4, -0.2) is 30.1 Å². The lowest BCUT2D eigenvalue weighted by molar-refractivity contribution is -0.384. The van der Waals surface area contributed by atoms with E-state index in [0.717, 1.165) is 6.54 Å². The summed E-state index contributed by atoms with van der Waals surface area (Å²) in [6, 6.07) is 4.80. The molecule has 1 fully saturated rings. The molecule has 6 heteroatoms. The molecule has 0 spiro atoms. The van der Waals surface area contributed by atoms with Gasteiger partial charge in [0.2, 0.25) is 0 Å². The summed E-state index contributed by atoms with van der Waals surface area (Å²) in [7, 11) is 0. The van der Waals surface area contributed by atoms with Crippen molar-refractivity contribution in [3.63, 3.8) is 0 Å². The van der Waals surface area contributed by atoms with Gasteiger partial charge in [-0.2, -0.15) is 0 Å². The molecule has 98 valence electrons. The monoisotopic (exact) mass is 269 g/mol. The number of nitro benzene ring substituents is 1. The average molecular weight is 270 g/mol. The molecule has 0 saturated carbocycles. The molecule has 0 radical (unpaired) electrons. The molecule has 0 atom stereocenters. The predicted molar refractivity (Wildman–Crippen MR) is 72.4 cm³/mol. The van der Waals surface area contributed by atoms with Crippen molar-refractivity contribution in [2.24, 2.45) is 0 Å². The van der Waals surface area contributed by atoms with E-state index in [1.165, 1.54) is 6.07 Å². The summed E-state index contributed by atoms with van der Waals surface area (Å²) >= 11 is 6.13. The maximum atomic E-state index is 11.1. The van der Waals surface area contributed by atoms with Gasteiger partial charge in [-0.3, -0.25) is 10.1 Å². The highest BCUT2D eigenvalue weighted by molar-refractivity contribution is 6.33. The van der Waals surface area contributed by atoms with E-state index in [2.05, 4.69) is 19.2 Å². The lowest BCUT2D eigenvalue weighted by Gasteiger charge is -2.40. The lowest BCUT2D eigenvalue weighted by atomic mass is 10.0. The molecule has 0 aromatic heterocycles. The fourth-order valence-electron chi connectivity index (χ4n) is 2.30. The molecule has 1 saturated heterocycles. The van der Waals surface area contributed by atoms with E-state index >= 15 is 0 Å². The summed E-state index contributed by atoms with van der Waals surface area (Å²) in [5.41, 5.74) is 0.518. The number of hydrogen-bond acceptors (Lipinski definition) is 4. The first-order chi connectivity index (χ1) is 8.41. The zero-order valence-electron chi connectivity index (χ0n) is 10.4. The van der Waals surface area contributed by atoms with Crippen LogP contribution in [0.1, 0.15) is 13.8 Å². The first-order valence-electron chi connectivity index (χ1n) is 5.83. The molecular formula is C12H16ClN3O2. The first kappa shape index (κ1) is 13.1. The zero-order valence-corrected chi connectivity index (χ0v) is 11.2.